The van der Waals surface area contributed by atoms with Crippen LogP contribution in [0.25, 0.3) is 0 Å². The molecule has 3 rings (SSSR count). The summed E-state index contributed by atoms with van der Waals surface area (Å²) in [5, 5.41) is 0. The molecule has 0 fully saturated rings. The zero-order chi connectivity index (χ0) is 16.6. The first-order valence-electron chi connectivity index (χ1n) is 7.62. The minimum Gasteiger partial charge on any atom is -0.465 e. The Morgan fingerprint density at radius 1 is 1.22 bits per heavy atom. The van der Waals surface area contributed by atoms with Gasteiger partial charge in [-0.05, 0) is 50.5 Å². The molecule has 1 aliphatic heterocycles. The lowest BCUT2D eigenvalue weighted by atomic mass is 9.95. The van der Waals surface area contributed by atoms with Crippen molar-refractivity contribution in [2.24, 2.45) is 0 Å². The van der Waals surface area contributed by atoms with Crippen molar-refractivity contribution in [1.29, 1.82) is 0 Å². The van der Waals surface area contributed by atoms with Crippen LogP contribution in [0.3, 0.4) is 0 Å². The number of carbonyl (C=O) groups excluding carboxylic acids is 2. The second-order valence-corrected chi connectivity index (χ2v) is 7.14. The van der Waals surface area contributed by atoms with Crippen LogP contribution in [0, 0.1) is 13.8 Å². The highest BCUT2D eigenvalue weighted by atomic mass is 32.1. The van der Waals surface area contributed by atoms with E-state index < -0.39 is 0 Å². The van der Waals surface area contributed by atoms with Crippen LogP contribution in [0.2, 0.25) is 0 Å². The number of benzene rings is 1. The number of methoxy groups -OCH3 is 1. The highest BCUT2D eigenvalue weighted by molar-refractivity contribution is 7.12. The Morgan fingerprint density at radius 2 is 2.00 bits per heavy atom. The monoisotopic (exact) mass is 329 g/mol. The molecule has 0 aliphatic carbocycles. The minimum atomic E-state index is -0.348. The highest BCUT2D eigenvalue weighted by Crippen LogP contribution is 2.32. The van der Waals surface area contributed by atoms with Gasteiger partial charge in [-0.15, -0.1) is 11.3 Å². The number of thiophene rings is 1. The molecule has 0 saturated heterocycles. The summed E-state index contributed by atoms with van der Waals surface area (Å²) in [6, 6.07) is 7.43. The number of anilines is 1. The van der Waals surface area contributed by atoms with Crippen molar-refractivity contribution in [2.45, 2.75) is 26.7 Å². The summed E-state index contributed by atoms with van der Waals surface area (Å²) in [6.45, 7) is 4.65. The summed E-state index contributed by atoms with van der Waals surface area (Å²) in [7, 11) is 1.38. The molecule has 4 nitrogen and oxygen atoms in total. The molecular weight excluding hydrogens is 310 g/mol. The SMILES string of the molecule is COC(=O)c1cccc2c1CCCN2C(=O)c1cc(C)sc1C. The fourth-order valence-corrected chi connectivity index (χ4v) is 4.04. The van der Waals surface area contributed by atoms with E-state index in [1.165, 1.54) is 7.11 Å². The largest absolute Gasteiger partial charge is 0.465 e. The first-order chi connectivity index (χ1) is 11.0. The van der Waals surface area contributed by atoms with Crippen molar-refractivity contribution in [1.82, 2.24) is 0 Å². The van der Waals surface area contributed by atoms with Crippen LogP contribution >= 0.6 is 11.3 Å². The molecule has 0 radical (unpaired) electrons. The average molecular weight is 329 g/mol. The number of hydrogen-bond donors (Lipinski definition) is 0. The molecule has 0 atom stereocenters. The Hall–Kier alpha value is -2.14. The molecule has 1 aromatic heterocycles. The van der Waals surface area contributed by atoms with Crippen LogP contribution in [-0.4, -0.2) is 25.5 Å². The fourth-order valence-electron chi connectivity index (χ4n) is 3.13. The van der Waals surface area contributed by atoms with E-state index in [9.17, 15) is 9.59 Å². The Morgan fingerprint density at radius 3 is 2.65 bits per heavy atom. The number of aryl methyl sites for hydroxylation is 2. The van der Waals surface area contributed by atoms with Gasteiger partial charge in [0.2, 0.25) is 0 Å². The number of hydrogen-bond acceptors (Lipinski definition) is 4. The van der Waals surface area contributed by atoms with Crippen LogP contribution in [0.5, 0.6) is 0 Å². The number of esters is 1. The second-order valence-electron chi connectivity index (χ2n) is 5.68. The predicted molar refractivity (Wildman–Crippen MR) is 91.6 cm³/mol. The van der Waals surface area contributed by atoms with E-state index in [1.54, 1.807) is 22.3 Å². The molecule has 0 unspecified atom stereocenters. The molecule has 0 spiro atoms. The average Bonchev–Trinajstić information content (AvgIpc) is 2.90. The molecule has 120 valence electrons. The molecule has 0 saturated carbocycles. The first-order valence-corrected chi connectivity index (χ1v) is 8.43. The number of rotatable bonds is 2. The molecule has 0 bridgehead atoms. The summed E-state index contributed by atoms with van der Waals surface area (Å²) >= 11 is 1.63. The normalized spacial score (nSPS) is 13.6. The van der Waals surface area contributed by atoms with E-state index in [2.05, 4.69) is 0 Å². The third-order valence-electron chi connectivity index (χ3n) is 4.17. The zero-order valence-electron chi connectivity index (χ0n) is 13.5. The lowest BCUT2D eigenvalue weighted by Gasteiger charge is -2.30. The molecule has 1 aromatic carbocycles. The molecule has 23 heavy (non-hydrogen) atoms. The smallest absolute Gasteiger partial charge is 0.338 e. The van der Waals surface area contributed by atoms with Gasteiger partial charge >= 0.3 is 5.97 Å². The minimum absolute atomic E-state index is 0.00909. The zero-order valence-corrected chi connectivity index (χ0v) is 14.3. The highest BCUT2D eigenvalue weighted by Gasteiger charge is 2.28. The molecule has 2 aromatic rings. The van der Waals surface area contributed by atoms with E-state index >= 15 is 0 Å². The van der Waals surface area contributed by atoms with Crippen LogP contribution in [0.1, 0.15) is 42.5 Å². The van der Waals surface area contributed by atoms with Crippen LogP contribution in [0.4, 0.5) is 5.69 Å². The Balaban J connectivity index is 2.04. The van der Waals surface area contributed by atoms with E-state index in [0.29, 0.717) is 12.1 Å². The van der Waals surface area contributed by atoms with Gasteiger partial charge in [-0.3, -0.25) is 4.79 Å². The van der Waals surface area contributed by atoms with Crippen molar-refractivity contribution in [3.05, 3.63) is 50.7 Å². The summed E-state index contributed by atoms with van der Waals surface area (Å²) in [5.41, 5.74) is 3.04. The lowest BCUT2D eigenvalue weighted by Crippen LogP contribution is -2.36. The third-order valence-corrected chi connectivity index (χ3v) is 5.14. The van der Waals surface area contributed by atoms with Crippen molar-refractivity contribution in [3.8, 4) is 0 Å². The maximum Gasteiger partial charge on any atom is 0.338 e. The van der Waals surface area contributed by atoms with Gasteiger partial charge in [0.25, 0.3) is 5.91 Å². The summed E-state index contributed by atoms with van der Waals surface area (Å²) in [4.78, 5) is 28.9. The standard InChI is InChI=1S/C18H19NO3S/c1-11-10-15(12(2)23-11)17(20)19-9-5-7-13-14(18(21)22-3)6-4-8-16(13)19/h4,6,8,10H,5,7,9H2,1-3H3. The number of ether oxygens (including phenoxy) is 1. The maximum atomic E-state index is 13.0. The molecular formula is C18H19NO3S. The van der Waals surface area contributed by atoms with Gasteiger partial charge in [-0.2, -0.15) is 0 Å². The van der Waals surface area contributed by atoms with Crippen LogP contribution in [-0.2, 0) is 11.2 Å². The van der Waals surface area contributed by atoms with Gasteiger partial charge in [0.05, 0.1) is 18.2 Å². The Bertz CT molecular complexity index is 779. The maximum absolute atomic E-state index is 13.0. The molecule has 2 heterocycles. The third kappa shape index (κ3) is 2.77. The quantitative estimate of drug-likeness (QED) is 0.789. The molecule has 5 heteroatoms. The van der Waals surface area contributed by atoms with Gasteiger partial charge in [-0.25, -0.2) is 4.79 Å². The molecule has 1 aliphatic rings. The van der Waals surface area contributed by atoms with Gasteiger partial charge < -0.3 is 9.64 Å². The van der Waals surface area contributed by atoms with Gasteiger partial charge in [0.15, 0.2) is 0 Å². The topological polar surface area (TPSA) is 46.6 Å². The van der Waals surface area contributed by atoms with Crippen molar-refractivity contribution in [2.75, 3.05) is 18.6 Å². The number of carbonyl (C=O) groups is 2. The second kappa shape index (κ2) is 6.16. The van der Waals surface area contributed by atoms with Crippen molar-refractivity contribution < 1.29 is 14.3 Å². The lowest BCUT2D eigenvalue weighted by molar-refractivity contribution is 0.0599. The number of nitrogens with zero attached hydrogens (tertiary/aromatic N) is 1. The van der Waals surface area contributed by atoms with Gasteiger partial charge in [-0.1, -0.05) is 6.07 Å². The molecule has 0 N–H and O–H groups in total. The molecule has 1 amide bonds. The van der Waals surface area contributed by atoms with E-state index in [4.69, 9.17) is 4.74 Å². The summed E-state index contributed by atoms with van der Waals surface area (Å²) in [5.74, 6) is -0.339. The van der Waals surface area contributed by atoms with E-state index in [-0.39, 0.29) is 11.9 Å². The summed E-state index contributed by atoms with van der Waals surface area (Å²) in [6.07, 6.45) is 1.63. The number of amides is 1. The Kier molecular flexibility index (Phi) is 4.22. The van der Waals surface area contributed by atoms with Crippen LogP contribution in [0.15, 0.2) is 24.3 Å². The Labute approximate surface area is 139 Å². The van der Waals surface area contributed by atoms with Gasteiger partial charge in [0.1, 0.15) is 0 Å². The van der Waals surface area contributed by atoms with E-state index in [0.717, 1.165) is 39.4 Å². The predicted octanol–water partition coefficient (Wildman–Crippen LogP) is 3.74. The van der Waals surface area contributed by atoms with Gasteiger partial charge in [0, 0.05) is 22.0 Å². The van der Waals surface area contributed by atoms with E-state index in [1.807, 2.05) is 32.0 Å². The van der Waals surface area contributed by atoms with Crippen molar-refractivity contribution in [3.63, 3.8) is 0 Å². The first kappa shape index (κ1) is 15.7. The fraction of sp³-hybridized carbons (Fsp3) is 0.333. The summed E-state index contributed by atoms with van der Waals surface area (Å²) < 4.78 is 4.86. The number of fused-ring (bicyclic) bond motifs is 1. The van der Waals surface area contributed by atoms with Crippen LogP contribution < -0.4 is 4.90 Å². The van der Waals surface area contributed by atoms with Crippen molar-refractivity contribution >= 4 is 28.9 Å².